The third-order valence-corrected chi connectivity index (χ3v) is 1.88. The van der Waals surface area contributed by atoms with Crippen molar-refractivity contribution >= 4 is 17.5 Å². The summed E-state index contributed by atoms with van der Waals surface area (Å²) in [5.41, 5.74) is 5.08. The van der Waals surface area contributed by atoms with Crippen LogP contribution in [0.4, 0.5) is 17.5 Å². The van der Waals surface area contributed by atoms with Crippen LogP contribution in [0, 0.1) is 21.4 Å². The summed E-state index contributed by atoms with van der Waals surface area (Å²) >= 11 is 0. The first kappa shape index (κ1) is 11.6. The number of nitro groups is 1. The Balaban J connectivity index is 2.89. The average Bonchev–Trinajstić information content (AvgIpc) is 2.25. The van der Waals surface area contributed by atoms with Crippen molar-refractivity contribution in [3.05, 3.63) is 16.3 Å². The fourth-order valence-electron chi connectivity index (χ4n) is 1.02. The molecule has 0 aromatic carbocycles. The molecule has 1 aromatic rings. The Morgan fingerprint density at radius 1 is 1.75 bits per heavy atom. The summed E-state index contributed by atoms with van der Waals surface area (Å²) in [5.74, 6) is 0.0807. The van der Waals surface area contributed by atoms with E-state index in [0.717, 1.165) is 6.20 Å². The second kappa shape index (κ2) is 4.88. The number of anilines is 2. The monoisotopic (exact) mass is 222 g/mol. The number of nitrogens with zero attached hydrogens (tertiary/aromatic N) is 5. The summed E-state index contributed by atoms with van der Waals surface area (Å²) in [6, 6.07) is 1.98. The molecule has 84 valence electrons. The molecule has 8 heteroatoms. The van der Waals surface area contributed by atoms with Crippen LogP contribution in [0.5, 0.6) is 0 Å². The topological polar surface area (TPSA) is 122 Å². The van der Waals surface area contributed by atoms with Gasteiger partial charge in [-0.05, 0) is 0 Å². The molecule has 0 aliphatic rings. The van der Waals surface area contributed by atoms with Crippen LogP contribution in [0.2, 0.25) is 0 Å². The Kier molecular flexibility index (Phi) is 3.55. The van der Waals surface area contributed by atoms with E-state index in [4.69, 9.17) is 11.0 Å². The van der Waals surface area contributed by atoms with Crippen LogP contribution in [-0.2, 0) is 0 Å². The number of nitrogen functional groups attached to an aromatic ring is 1. The van der Waals surface area contributed by atoms with Gasteiger partial charge in [-0.15, -0.1) is 0 Å². The Labute approximate surface area is 91.5 Å². The minimum absolute atomic E-state index is 0.182. The molecule has 0 radical (unpaired) electrons. The van der Waals surface area contributed by atoms with Gasteiger partial charge in [0.05, 0.1) is 17.4 Å². The lowest BCUT2D eigenvalue weighted by atomic mass is 10.4. The molecule has 0 fully saturated rings. The molecule has 0 amide bonds. The first-order valence-electron chi connectivity index (χ1n) is 4.41. The van der Waals surface area contributed by atoms with Crippen molar-refractivity contribution in [1.29, 1.82) is 5.26 Å². The van der Waals surface area contributed by atoms with Gasteiger partial charge in [-0.25, -0.2) is 4.98 Å². The van der Waals surface area contributed by atoms with E-state index in [2.05, 4.69) is 9.97 Å². The largest absolute Gasteiger partial charge is 0.378 e. The van der Waals surface area contributed by atoms with Crippen LogP contribution in [0.25, 0.3) is 0 Å². The lowest BCUT2D eigenvalue weighted by Gasteiger charge is -2.14. The van der Waals surface area contributed by atoms with Crippen LogP contribution in [-0.4, -0.2) is 28.5 Å². The van der Waals surface area contributed by atoms with E-state index in [1.54, 1.807) is 11.9 Å². The number of hydrogen-bond acceptors (Lipinski definition) is 7. The van der Waals surface area contributed by atoms with E-state index in [1.165, 1.54) is 0 Å². The van der Waals surface area contributed by atoms with Crippen molar-refractivity contribution in [2.45, 2.75) is 6.42 Å². The van der Waals surface area contributed by atoms with Crippen molar-refractivity contribution in [2.75, 3.05) is 24.2 Å². The van der Waals surface area contributed by atoms with Gasteiger partial charge >= 0.3 is 5.69 Å². The molecule has 1 aromatic heterocycles. The summed E-state index contributed by atoms with van der Waals surface area (Å²) in [6.07, 6.45) is 1.37. The minimum atomic E-state index is -0.644. The molecule has 2 N–H and O–H groups in total. The smallest absolute Gasteiger partial charge is 0.329 e. The molecule has 0 saturated heterocycles. The Morgan fingerprint density at radius 3 is 2.94 bits per heavy atom. The van der Waals surface area contributed by atoms with Gasteiger partial charge in [0.1, 0.15) is 6.20 Å². The van der Waals surface area contributed by atoms with Gasteiger partial charge in [-0.3, -0.25) is 10.1 Å². The predicted molar refractivity (Wildman–Crippen MR) is 56.6 cm³/mol. The van der Waals surface area contributed by atoms with Crippen molar-refractivity contribution < 1.29 is 4.92 Å². The molecule has 1 heterocycles. The highest BCUT2D eigenvalue weighted by Crippen LogP contribution is 2.19. The number of nitrogens with two attached hydrogens (primary N) is 1. The second-order valence-electron chi connectivity index (χ2n) is 3.03. The molecule has 16 heavy (non-hydrogen) atoms. The van der Waals surface area contributed by atoms with Gasteiger partial charge < -0.3 is 10.6 Å². The highest BCUT2D eigenvalue weighted by molar-refractivity contribution is 5.53. The van der Waals surface area contributed by atoms with E-state index in [0.29, 0.717) is 13.0 Å². The zero-order valence-electron chi connectivity index (χ0n) is 8.62. The van der Waals surface area contributed by atoms with E-state index in [9.17, 15) is 10.1 Å². The Morgan fingerprint density at radius 2 is 2.44 bits per heavy atom. The third kappa shape index (κ3) is 2.54. The zero-order chi connectivity index (χ0) is 12.1. The lowest BCUT2D eigenvalue weighted by Crippen LogP contribution is -2.21. The first-order valence-corrected chi connectivity index (χ1v) is 4.41. The minimum Gasteiger partial charge on any atom is -0.378 e. The fourth-order valence-corrected chi connectivity index (χ4v) is 1.02. The first-order chi connectivity index (χ1) is 7.56. The molecule has 1 rings (SSSR count). The summed E-state index contributed by atoms with van der Waals surface area (Å²) in [4.78, 5) is 19.0. The molecular formula is C8H10N6O2. The molecule has 0 unspecified atom stereocenters. The van der Waals surface area contributed by atoms with Crippen LogP contribution >= 0.6 is 0 Å². The van der Waals surface area contributed by atoms with Crippen molar-refractivity contribution in [3.8, 4) is 6.07 Å². The molecule has 0 bridgehead atoms. The quantitative estimate of drug-likeness (QED) is 0.574. The normalized spacial score (nSPS) is 9.50. The highest BCUT2D eigenvalue weighted by Gasteiger charge is 2.15. The van der Waals surface area contributed by atoms with Crippen molar-refractivity contribution in [1.82, 2.24) is 9.97 Å². The SMILES string of the molecule is CN(CCC#N)c1ncc([N+](=O)[O-])c(N)n1. The van der Waals surface area contributed by atoms with Gasteiger partial charge in [0.15, 0.2) is 0 Å². The van der Waals surface area contributed by atoms with Gasteiger partial charge in [0.2, 0.25) is 11.8 Å². The number of nitriles is 1. The second-order valence-corrected chi connectivity index (χ2v) is 3.03. The maximum absolute atomic E-state index is 10.5. The maximum atomic E-state index is 10.5. The molecular weight excluding hydrogens is 212 g/mol. The number of rotatable bonds is 4. The predicted octanol–water partition coefficient (Wildman–Crippen LogP) is 0.317. The molecule has 0 atom stereocenters. The number of aromatic nitrogens is 2. The fraction of sp³-hybridized carbons (Fsp3) is 0.375. The average molecular weight is 222 g/mol. The molecule has 8 nitrogen and oxygen atoms in total. The Bertz CT molecular complexity index is 441. The van der Waals surface area contributed by atoms with Gasteiger partial charge in [-0.2, -0.15) is 10.2 Å². The van der Waals surface area contributed by atoms with Crippen molar-refractivity contribution in [2.24, 2.45) is 0 Å². The summed E-state index contributed by atoms with van der Waals surface area (Å²) in [5, 5.41) is 18.9. The molecule has 0 aliphatic carbocycles. The van der Waals surface area contributed by atoms with Crippen LogP contribution in [0.1, 0.15) is 6.42 Å². The maximum Gasteiger partial charge on any atom is 0.329 e. The lowest BCUT2D eigenvalue weighted by molar-refractivity contribution is -0.384. The number of hydrogen-bond donors (Lipinski definition) is 1. The van der Waals surface area contributed by atoms with E-state index < -0.39 is 4.92 Å². The zero-order valence-corrected chi connectivity index (χ0v) is 8.62. The molecule has 0 saturated carbocycles. The standard InChI is InChI=1S/C8H10N6O2/c1-13(4-2-3-9)8-11-5-6(14(15)16)7(10)12-8/h5H,2,4H2,1H3,(H2,10,11,12). The van der Waals surface area contributed by atoms with Crippen LogP contribution in [0.3, 0.4) is 0 Å². The Hall–Kier alpha value is -2.43. The van der Waals surface area contributed by atoms with Gasteiger partial charge in [0, 0.05) is 13.6 Å². The van der Waals surface area contributed by atoms with Crippen LogP contribution in [0.15, 0.2) is 6.20 Å². The summed E-state index contributed by atoms with van der Waals surface area (Å²) in [7, 11) is 1.68. The van der Waals surface area contributed by atoms with Crippen LogP contribution < -0.4 is 10.6 Å². The summed E-state index contributed by atoms with van der Waals surface area (Å²) in [6.45, 7) is 0.438. The molecule has 0 aliphatic heterocycles. The van der Waals surface area contributed by atoms with E-state index in [-0.39, 0.29) is 17.5 Å². The third-order valence-electron chi connectivity index (χ3n) is 1.88. The summed E-state index contributed by atoms with van der Waals surface area (Å²) < 4.78 is 0. The van der Waals surface area contributed by atoms with E-state index in [1.807, 2.05) is 6.07 Å². The van der Waals surface area contributed by atoms with Crippen molar-refractivity contribution in [3.63, 3.8) is 0 Å². The van der Waals surface area contributed by atoms with Gasteiger partial charge in [-0.1, -0.05) is 0 Å². The molecule has 0 spiro atoms. The van der Waals surface area contributed by atoms with Gasteiger partial charge in [0.25, 0.3) is 0 Å². The van der Waals surface area contributed by atoms with E-state index >= 15 is 0 Å². The highest BCUT2D eigenvalue weighted by atomic mass is 16.6.